The molecule has 0 saturated carbocycles. The maximum absolute atomic E-state index is 13.6. The van der Waals surface area contributed by atoms with Crippen LogP contribution in [0.5, 0.6) is 0 Å². The molecule has 0 spiro atoms. The van der Waals surface area contributed by atoms with Gasteiger partial charge < -0.3 is 9.80 Å². The summed E-state index contributed by atoms with van der Waals surface area (Å²) in [5.41, 5.74) is 2.91. The molecule has 216 valence electrons. The van der Waals surface area contributed by atoms with E-state index in [-0.39, 0.29) is 4.90 Å². The van der Waals surface area contributed by atoms with E-state index in [9.17, 15) is 13.2 Å². The Labute approximate surface area is 243 Å². The van der Waals surface area contributed by atoms with E-state index in [0.29, 0.717) is 5.69 Å². The van der Waals surface area contributed by atoms with Crippen LogP contribution in [-0.2, 0) is 21.2 Å². The lowest BCUT2D eigenvalue weighted by Gasteiger charge is -2.33. The van der Waals surface area contributed by atoms with E-state index >= 15 is 0 Å². The molecule has 10 heteroatoms. The standard InChI is InChI=1S/C30H41N5O3S2/c1-5-6-7-9-25-12-14-28(15-13-25)40(37,38)35(24(2)36)27-11-8-10-26(22-27)29-23-39-30(31-29)33(4)18-21-34-19-16-32(3)17-20-34/h8,10-15,22-23H,5-7,9,16-21H2,1-4H3. The van der Waals surface area contributed by atoms with Gasteiger partial charge in [-0.1, -0.05) is 44.0 Å². The van der Waals surface area contributed by atoms with Crippen molar-refractivity contribution in [3.8, 4) is 11.3 Å². The Morgan fingerprint density at radius 1 is 1.05 bits per heavy atom. The van der Waals surface area contributed by atoms with Crippen molar-refractivity contribution in [2.75, 3.05) is 62.6 Å². The van der Waals surface area contributed by atoms with E-state index < -0.39 is 15.9 Å². The fraction of sp³-hybridized carbons (Fsp3) is 0.467. The molecule has 1 amide bonds. The normalized spacial score (nSPS) is 14.8. The smallest absolute Gasteiger partial charge is 0.270 e. The molecule has 0 atom stereocenters. The van der Waals surface area contributed by atoms with Crippen LogP contribution in [0.15, 0.2) is 58.8 Å². The molecule has 1 aliphatic rings. The summed E-state index contributed by atoms with van der Waals surface area (Å²) >= 11 is 1.56. The van der Waals surface area contributed by atoms with Crippen LogP contribution in [0.4, 0.5) is 10.8 Å². The fourth-order valence-electron chi connectivity index (χ4n) is 4.82. The topological polar surface area (TPSA) is 77.1 Å². The molecule has 40 heavy (non-hydrogen) atoms. The Kier molecular flexibility index (Phi) is 10.3. The van der Waals surface area contributed by atoms with Crippen LogP contribution in [0.3, 0.4) is 0 Å². The van der Waals surface area contributed by atoms with E-state index in [2.05, 4.69) is 28.7 Å². The van der Waals surface area contributed by atoms with E-state index in [0.717, 1.165) is 91.2 Å². The summed E-state index contributed by atoms with van der Waals surface area (Å²) in [7, 11) is 0.136. The number of nitrogens with zero attached hydrogens (tertiary/aromatic N) is 5. The van der Waals surface area contributed by atoms with Crippen molar-refractivity contribution in [3.63, 3.8) is 0 Å². The third kappa shape index (κ3) is 7.48. The predicted molar refractivity (Wildman–Crippen MR) is 165 cm³/mol. The highest BCUT2D eigenvalue weighted by Gasteiger charge is 2.29. The number of carbonyl (C=O) groups excluding carboxylic acids is 1. The average molecular weight is 584 g/mol. The number of piperazine rings is 1. The van der Waals surface area contributed by atoms with Gasteiger partial charge in [-0.3, -0.25) is 9.69 Å². The Hall–Kier alpha value is -2.79. The van der Waals surface area contributed by atoms with Gasteiger partial charge in [-0.25, -0.2) is 17.7 Å². The molecule has 4 rings (SSSR count). The van der Waals surface area contributed by atoms with Crippen LogP contribution in [0, 0.1) is 0 Å². The van der Waals surface area contributed by atoms with Crippen molar-refractivity contribution in [1.82, 2.24) is 14.8 Å². The number of carbonyl (C=O) groups is 1. The van der Waals surface area contributed by atoms with Gasteiger partial charge in [-0.15, -0.1) is 11.3 Å². The molecular formula is C30H41N5O3S2. The second-order valence-electron chi connectivity index (χ2n) is 10.5. The van der Waals surface area contributed by atoms with Crippen LogP contribution in [0.1, 0.15) is 38.7 Å². The largest absolute Gasteiger partial charge is 0.350 e. The number of aromatic nitrogens is 1. The van der Waals surface area contributed by atoms with Gasteiger partial charge in [0.15, 0.2) is 5.13 Å². The molecule has 8 nitrogen and oxygen atoms in total. The Bertz CT molecular complexity index is 1370. The summed E-state index contributed by atoms with van der Waals surface area (Å²) in [5, 5.41) is 2.88. The molecule has 0 unspecified atom stereocenters. The third-order valence-corrected chi connectivity index (χ3v) is 10.1. The molecule has 3 aromatic rings. The fourth-order valence-corrected chi connectivity index (χ4v) is 7.07. The van der Waals surface area contributed by atoms with E-state index in [1.165, 1.54) is 6.92 Å². The predicted octanol–water partition coefficient (Wildman–Crippen LogP) is 4.97. The van der Waals surface area contributed by atoms with Crippen LogP contribution in [0.25, 0.3) is 11.3 Å². The van der Waals surface area contributed by atoms with Gasteiger partial charge in [0, 0.05) is 64.2 Å². The van der Waals surface area contributed by atoms with Crippen molar-refractivity contribution in [3.05, 3.63) is 59.5 Å². The molecule has 1 saturated heterocycles. The second kappa shape index (κ2) is 13.7. The highest BCUT2D eigenvalue weighted by atomic mass is 32.2. The molecule has 2 aromatic carbocycles. The summed E-state index contributed by atoms with van der Waals surface area (Å²) < 4.78 is 28.1. The van der Waals surface area contributed by atoms with Crippen LogP contribution in [-0.4, -0.2) is 82.5 Å². The minimum atomic E-state index is -4.07. The van der Waals surface area contributed by atoms with Crippen LogP contribution < -0.4 is 9.21 Å². The summed E-state index contributed by atoms with van der Waals surface area (Å²) in [6.07, 6.45) is 4.25. The van der Waals surface area contributed by atoms with Gasteiger partial charge >= 0.3 is 0 Å². The lowest BCUT2D eigenvalue weighted by atomic mass is 10.1. The number of sulfonamides is 1. The SMILES string of the molecule is CCCCCc1ccc(S(=O)(=O)N(C(C)=O)c2cccc(-c3csc(N(C)CCN4CCN(C)CC4)n3)c2)cc1. The number of anilines is 2. The summed E-state index contributed by atoms with van der Waals surface area (Å²) in [6.45, 7) is 9.66. The summed E-state index contributed by atoms with van der Waals surface area (Å²) in [6, 6.07) is 13.9. The zero-order valence-corrected chi connectivity index (χ0v) is 25.7. The Morgan fingerprint density at radius 3 is 2.45 bits per heavy atom. The van der Waals surface area contributed by atoms with Crippen LogP contribution in [0.2, 0.25) is 0 Å². The summed E-state index contributed by atoms with van der Waals surface area (Å²) in [4.78, 5) is 24.6. The number of amides is 1. The van der Waals surface area contributed by atoms with Crippen molar-refractivity contribution in [2.24, 2.45) is 0 Å². The van der Waals surface area contributed by atoms with Gasteiger partial charge in [0.25, 0.3) is 10.0 Å². The number of rotatable bonds is 12. The van der Waals surface area contributed by atoms with E-state index in [1.54, 1.807) is 41.7 Å². The number of aryl methyl sites for hydroxylation is 1. The highest BCUT2D eigenvalue weighted by Crippen LogP contribution is 2.31. The zero-order valence-electron chi connectivity index (χ0n) is 24.0. The number of benzene rings is 2. The minimum absolute atomic E-state index is 0.102. The van der Waals surface area contributed by atoms with Crippen molar-refractivity contribution >= 4 is 38.1 Å². The molecule has 2 heterocycles. The molecule has 1 fully saturated rings. The second-order valence-corrected chi connectivity index (χ2v) is 13.1. The van der Waals surface area contributed by atoms with Gasteiger partial charge in [-0.05, 0) is 49.7 Å². The number of unbranched alkanes of at least 4 members (excludes halogenated alkanes) is 2. The first-order valence-electron chi connectivity index (χ1n) is 14.0. The maximum atomic E-state index is 13.6. The molecule has 0 radical (unpaired) electrons. The van der Waals surface area contributed by atoms with Gasteiger partial charge in [-0.2, -0.15) is 0 Å². The Morgan fingerprint density at radius 2 is 1.77 bits per heavy atom. The first kappa shape index (κ1) is 30.2. The first-order valence-corrected chi connectivity index (χ1v) is 16.3. The molecule has 1 aromatic heterocycles. The minimum Gasteiger partial charge on any atom is -0.350 e. The van der Waals surface area contributed by atoms with Gasteiger partial charge in [0.05, 0.1) is 16.3 Å². The number of likely N-dealkylation sites (N-methyl/N-ethyl adjacent to an activating group) is 2. The maximum Gasteiger partial charge on any atom is 0.270 e. The third-order valence-electron chi connectivity index (χ3n) is 7.36. The number of hydrogen-bond donors (Lipinski definition) is 0. The number of thiazole rings is 1. The van der Waals surface area contributed by atoms with Gasteiger partial charge in [0.2, 0.25) is 5.91 Å². The highest BCUT2D eigenvalue weighted by molar-refractivity contribution is 7.93. The van der Waals surface area contributed by atoms with E-state index in [1.807, 2.05) is 30.6 Å². The average Bonchev–Trinajstić information content (AvgIpc) is 3.44. The van der Waals surface area contributed by atoms with Crippen molar-refractivity contribution in [2.45, 2.75) is 44.4 Å². The lowest BCUT2D eigenvalue weighted by molar-refractivity contribution is -0.115. The molecular weight excluding hydrogens is 542 g/mol. The number of hydrogen-bond acceptors (Lipinski definition) is 8. The summed E-state index contributed by atoms with van der Waals surface area (Å²) in [5.74, 6) is -0.563. The van der Waals surface area contributed by atoms with E-state index in [4.69, 9.17) is 4.98 Å². The quantitative estimate of drug-likeness (QED) is 0.279. The molecule has 0 aliphatic carbocycles. The lowest BCUT2D eigenvalue weighted by Crippen LogP contribution is -2.46. The molecule has 0 N–H and O–H groups in total. The monoisotopic (exact) mass is 583 g/mol. The van der Waals surface area contributed by atoms with Crippen LogP contribution >= 0.6 is 11.3 Å². The van der Waals surface area contributed by atoms with Crippen molar-refractivity contribution < 1.29 is 13.2 Å². The van der Waals surface area contributed by atoms with Gasteiger partial charge in [0.1, 0.15) is 0 Å². The first-order chi connectivity index (χ1) is 19.2. The molecule has 0 bridgehead atoms. The zero-order chi connectivity index (χ0) is 28.7. The Balaban J connectivity index is 1.48. The molecule has 1 aliphatic heterocycles. The van der Waals surface area contributed by atoms with Crippen molar-refractivity contribution in [1.29, 1.82) is 0 Å².